The number of aliphatic hydroxyl groups is 1. The molecule has 4 heteroatoms. The first kappa shape index (κ1) is 14.4. The quantitative estimate of drug-likeness (QED) is 0.549. The molecule has 0 saturated heterocycles. The van der Waals surface area contributed by atoms with Crippen molar-refractivity contribution in [1.82, 2.24) is 10.6 Å². The molecule has 4 nitrogen and oxygen atoms in total. The standard InChI is InChI=1S/C11H24N2O2/c1-9(2)6-10(4-5-14)7-13-11(15)8-12-3/h9-10,12,14H,4-8H2,1-3H3,(H,13,15). The molecule has 0 fully saturated rings. The summed E-state index contributed by atoms with van der Waals surface area (Å²) in [7, 11) is 1.75. The first-order chi connectivity index (χ1) is 7.10. The van der Waals surface area contributed by atoms with E-state index in [0.29, 0.717) is 24.9 Å². The van der Waals surface area contributed by atoms with Crippen LogP contribution in [0.15, 0.2) is 0 Å². The fourth-order valence-electron chi connectivity index (χ4n) is 1.63. The first-order valence-electron chi connectivity index (χ1n) is 5.62. The van der Waals surface area contributed by atoms with E-state index in [1.165, 1.54) is 0 Å². The maximum atomic E-state index is 11.2. The number of likely N-dealkylation sites (N-methyl/N-ethyl adjacent to an activating group) is 1. The van der Waals surface area contributed by atoms with E-state index in [0.717, 1.165) is 12.8 Å². The molecule has 0 aliphatic rings. The smallest absolute Gasteiger partial charge is 0.233 e. The van der Waals surface area contributed by atoms with Gasteiger partial charge in [0.05, 0.1) is 6.54 Å². The fourth-order valence-corrected chi connectivity index (χ4v) is 1.63. The summed E-state index contributed by atoms with van der Waals surface area (Å²) in [6.07, 6.45) is 1.80. The Hall–Kier alpha value is -0.610. The summed E-state index contributed by atoms with van der Waals surface area (Å²) in [5, 5.41) is 14.6. The highest BCUT2D eigenvalue weighted by Crippen LogP contribution is 2.13. The number of amides is 1. The summed E-state index contributed by atoms with van der Waals surface area (Å²) in [5.74, 6) is 1.00. The highest BCUT2D eigenvalue weighted by atomic mass is 16.3. The Bertz CT molecular complexity index is 172. The molecule has 0 bridgehead atoms. The predicted octanol–water partition coefficient (Wildman–Crippen LogP) is 0.367. The average Bonchev–Trinajstić information content (AvgIpc) is 2.14. The topological polar surface area (TPSA) is 61.4 Å². The van der Waals surface area contributed by atoms with Gasteiger partial charge in [-0.1, -0.05) is 13.8 Å². The molecule has 1 amide bonds. The van der Waals surface area contributed by atoms with E-state index in [-0.39, 0.29) is 12.5 Å². The monoisotopic (exact) mass is 216 g/mol. The lowest BCUT2D eigenvalue weighted by Gasteiger charge is -2.18. The molecule has 0 aliphatic carbocycles. The number of hydrogen-bond donors (Lipinski definition) is 3. The van der Waals surface area contributed by atoms with Gasteiger partial charge >= 0.3 is 0 Å². The SMILES string of the molecule is CNCC(=O)NCC(CCO)CC(C)C. The third-order valence-electron chi connectivity index (χ3n) is 2.27. The molecule has 90 valence electrons. The van der Waals surface area contributed by atoms with Gasteiger partial charge in [-0.25, -0.2) is 0 Å². The summed E-state index contributed by atoms with van der Waals surface area (Å²) in [5.41, 5.74) is 0. The van der Waals surface area contributed by atoms with Crippen LogP contribution in [0, 0.1) is 11.8 Å². The van der Waals surface area contributed by atoms with Crippen molar-refractivity contribution in [2.45, 2.75) is 26.7 Å². The molecule has 0 heterocycles. The third kappa shape index (κ3) is 8.39. The Morgan fingerprint density at radius 2 is 2.07 bits per heavy atom. The zero-order valence-corrected chi connectivity index (χ0v) is 10.0. The maximum Gasteiger partial charge on any atom is 0.233 e. The minimum absolute atomic E-state index is 0.0178. The van der Waals surface area contributed by atoms with Crippen molar-refractivity contribution in [2.75, 3.05) is 26.7 Å². The molecule has 0 radical (unpaired) electrons. The van der Waals surface area contributed by atoms with E-state index < -0.39 is 0 Å². The van der Waals surface area contributed by atoms with Gasteiger partial charge in [-0.2, -0.15) is 0 Å². The third-order valence-corrected chi connectivity index (χ3v) is 2.27. The average molecular weight is 216 g/mol. The second-order valence-electron chi connectivity index (χ2n) is 4.34. The molecular formula is C11H24N2O2. The minimum atomic E-state index is 0.0178. The molecule has 0 rings (SSSR count). The van der Waals surface area contributed by atoms with Crippen molar-refractivity contribution in [2.24, 2.45) is 11.8 Å². The number of rotatable bonds is 8. The van der Waals surface area contributed by atoms with E-state index in [1.807, 2.05) is 0 Å². The van der Waals surface area contributed by atoms with E-state index in [2.05, 4.69) is 24.5 Å². The van der Waals surface area contributed by atoms with E-state index in [4.69, 9.17) is 5.11 Å². The molecule has 0 saturated carbocycles. The van der Waals surface area contributed by atoms with Gasteiger partial charge in [0.2, 0.25) is 5.91 Å². The molecule has 15 heavy (non-hydrogen) atoms. The predicted molar refractivity (Wildman–Crippen MR) is 61.6 cm³/mol. The van der Waals surface area contributed by atoms with Crippen molar-refractivity contribution in [3.63, 3.8) is 0 Å². The van der Waals surface area contributed by atoms with Crippen molar-refractivity contribution in [3.05, 3.63) is 0 Å². The van der Waals surface area contributed by atoms with E-state index in [9.17, 15) is 4.79 Å². The molecular weight excluding hydrogens is 192 g/mol. The van der Waals surface area contributed by atoms with Crippen LogP contribution in [0.3, 0.4) is 0 Å². The summed E-state index contributed by atoms with van der Waals surface area (Å²) in [6, 6.07) is 0. The molecule has 0 aliphatic heterocycles. The van der Waals surface area contributed by atoms with Crippen molar-refractivity contribution >= 4 is 5.91 Å². The molecule has 1 unspecified atom stereocenters. The normalized spacial score (nSPS) is 12.9. The van der Waals surface area contributed by atoms with Gasteiger partial charge in [0.1, 0.15) is 0 Å². The summed E-state index contributed by atoms with van der Waals surface area (Å²) >= 11 is 0. The largest absolute Gasteiger partial charge is 0.396 e. The summed E-state index contributed by atoms with van der Waals surface area (Å²) in [6.45, 7) is 5.52. The van der Waals surface area contributed by atoms with Gasteiger partial charge in [-0.05, 0) is 31.7 Å². The van der Waals surface area contributed by atoms with E-state index in [1.54, 1.807) is 7.05 Å². The number of carbonyl (C=O) groups excluding carboxylic acids is 1. The maximum absolute atomic E-state index is 11.2. The summed E-state index contributed by atoms with van der Waals surface area (Å²) < 4.78 is 0. The second kappa shape index (κ2) is 8.68. The van der Waals surface area contributed by atoms with Crippen LogP contribution >= 0.6 is 0 Å². The van der Waals surface area contributed by atoms with Crippen molar-refractivity contribution in [1.29, 1.82) is 0 Å². The van der Waals surface area contributed by atoms with Crippen molar-refractivity contribution in [3.8, 4) is 0 Å². The van der Waals surface area contributed by atoms with Crippen LogP contribution in [0.4, 0.5) is 0 Å². The summed E-state index contributed by atoms with van der Waals surface area (Å²) in [4.78, 5) is 11.2. The van der Waals surface area contributed by atoms with Crippen molar-refractivity contribution < 1.29 is 9.90 Å². The highest BCUT2D eigenvalue weighted by molar-refractivity contribution is 5.77. The Morgan fingerprint density at radius 1 is 1.40 bits per heavy atom. The van der Waals surface area contributed by atoms with Crippen LogP contribution in [0.5, 0.6) is 0 Å². The van der Waals surface area contributed by atoms with Crippen LogP contribution in [0.25, 0.3) is 0 Å². The van der Waals surface area contributed by atoms with Gasteiger partial charge < -0.3 is 15.7 Å². The lowest BCUT2D eigenvalue weighted by Crippen LogP contribution is -2.36. The zero-order valence-electron chi connectivity index (χ0n) is 10.0. The number of nitrogens with one attached hydrogen (secondary N) is 2. The minimum Gasteiger partial charge on any atom is -0.396 e. The van der Waals surface area contributed by atoms with Gasteiger partial charge in [0, 0.05) is 13.2 Å². The zero-order chi connectivity index (χ0) is 11.7. The van der Waals surface area contributed by atoms with Crippen LogP contribution in [-0.2, 0) is 4.79 Å². The van der Waals surface area contributed by atoms with Gasteiger partial charge in [-0.15, -0.1) is 0 Å². The Morgan fingerprint density at radius 3 is 2.53 bits per heavy atom. The highest BCUT2D eigenvalue weighted by Gasteiger charge is 2.11. The van der Waals surface area contributed by atoms with E-state index >= 15 is 0 Å². The second-order valence-corrected chi connectivity index (χ2v) is 4.34. The molecule has 0 aromatic rings. The Kier molecular flexibility index (Phi) is 8.33. The molecule has 3 N–H and O–H groups in total. The van der Waals surface area contributed by atoms with Crippen LogP contribution in [-0.4, -0.2) is 37.8 Å². The molecule has 0 aromatic carbocycles. The molecule has 0 aromatic heterocycles. The van der Waals surface area contributed by atoms with Gasteiger partial charge in [0.25, 0.3) is 0 Å². The van der Waals surface area contributed by atoms with Gasteiger partial charge in [0.15, 0.2) is 0 Å². The number of aliphatic hydroxyl groups excluding tert-OH is 1. The van der Waals surface area contributed by atoms with Crippen LogP contribution in [0.2, 0.25) is 0 Å². The lowest BCUT2D eigenvalue weighted by atomic mass is 9.94. The van der Waals surface area contributed by atoms with Gasteiger partial charge in [-0.3, -0.25) is 4.79 Å². The Labute approximate surface area is 92.4 Å². The van der Waals surface area contributed by atoms with Crippen LogP contribution in [0.1, 0.15) is 26.7 Å². The Balaban J connectivity index is 3.78. The van der Waals surface area contributed by atoms with Crippen LogP contribution < -0.4 is 10.6 Å². The molecule has 0 spiro atoms. The lowest BCUT2D eigenvalue weighted by molar-refractivity contribution is -0.120. The first-order valence-corrected chi connectivity index (χ1v) is 5.62. The fraction of sp³-hybridized carbons (Fsp3) is 0.909. The number of hydrogen-bond acceptors (Lipinski definition) is 3. The molecule has 1 atom stereocenters. The number of carbonyl (C=O) groups is 1.